The van der Waals surface area contributed by atoms with Crippen LogP contribution in [0.25, 0.3) is 0 Å². The van der Waals surface area contributed by atoms with Gasteiger partial charge in [-0.1, -0.05) is 0 Å². The van der Waals surface area contributed by atoms with E-state index in [9.17, 15) is 12.8 Å². The summed E-state index contributed by atoms with van der Waals surface area (Å²) in [7, 11) is -3.21. The number of halogens is 2. The van der Waals surface area contributed by atoms with Crippen LogP contribution in [0.2, 0.25) is 0 Å². The van der Waals surface area contributed by atoms with E-state index < -0.39 is 15.8 Å². The molecule has 0 bridgehead atoms. The Hall–Kier alpha value is -0.860. The van der Waals surface area contributed by atoms with Crippen LogP contribution in [0.5, 0.6) is 0 Å². The molecule has 0 aromatic heterocycles. The molecule has 1 rings (SSSR count). The maximum Gasteiger partial charge on any atom is 0.208 e. The second-order valence-corrected chi connectivity index (χ2v) is 6.13. The fourth-order valence-electron chi connectivity index (χ4n) is 1.15. The van der Waals surface area contributed by atoms with Gasteiger partial charge in [-0.25, -0.2) is 17.5 Å². The quantitative estimate of drug-likeness (QED) is 0.559. The van der Waals surface area contributed by atoms with E-state index in [1.54, 1.807) is 0 Å². The van der Waals surface area contributed by atoms with Crippen LogP contribution >= 0.6 is 15.9 Å². The molecule has 0 heterocycles. The normalized spacial score (nSPS) is 11.5. The van der Waals surface area contributed by atoms with E-state index in [-0.39, 0.29) is 11.0 Å². The van der Waals surface area contributed by atoms with E-state index in [0.717, 1.165) is 6.26 Å². The number of sulfonamides is 1. The van der Waals surface area contributed by atoms with E-state index in [4.69, 9.17) is 5.73 Å². The second kappa shape index (κ2) is 5.65. The molecule has 4 N–H and O–H groups in total. The second-order valence-electron chi connectivity index (χ2n) is 3.45. The minimum Gasteiger partial charge on any atom is -0.397 e. The molecular weight excluding hydrogens is 313 g/mol. The number of nitrogen functional groups attached to an aromatic ring is 1. The van der Waals surface area contributed by atoms with Crippen LogP contribution in [0.3, 0.4) is 0 Å². The topological polar surface area (TPSA) is 84.2 Å². The molecule has 0 aliphatic heterocycles. The Labute approximate surface area is 108 Å². The monoisotopic (exact) mass is 325 g/mol. The first-order valence-electron chi connectivity index (χ1n) is 4.72. The number of nitrogens with two attached hydrogens (primary N) is 1. The summed E-state index contributed by atoms with van der Waals surface area (Å²) in [5.41, 5.74) is 6.48. The highest BCUT2D eigenvalue weighted by Gasteiger charge is 2.05. The van der Waals surface area contributed by atoms with Crippen molar-refractivity contribution in [3.8, 4) is 0 Å². The Morgan fingerprint density at radius 2 is 2.06 bits per heavy atom. The average molecular weight is 326 g/mol. The first-order chi connectivity index (χ1) is 7.79. The molecule has 0 spiro atoms. The number of rotatable bonds is 5. The average Bonchev–Trinajstić information content (AvgIpc) is 2.18. The highest BCUT2D eigenvalue weighted by atomic mass is 79.9. The minimum absolute atomic E-state index is 0.204. The SMILES string of the molecule is CS(=O)(=O)NCCNc1cc(F)c(Br)cc1N. The summed E-state index contributed by atoms with van der Waals surface area (Å²) in [6.07, 6.45) is 1.07. The van der Waals surface area contributed by atoms with Crippen LogP contribution < -0.4 is 15.8 Å². The van der Waals surface area contributed by atoms with Crippen molar-refractivity contribution in [2.24, 2.45) is 0 Å². The zero-order chi connectivity index (χ0) is 13.1. The van der Waals surface area contributed by atoms with Gasteiger partial charge in [-0.15, -0.1) is 0 Å². The lowest BCUT2D eigenvalue weighted by molar-refractivity contribution is 0.589. The third-order valence-corrected chi connectivity index (χ3v) is 3.23. The van der Waals surface area contributed by atoms with Crippen molar-refractivity contribution in [2.45, 2.75) is 0 Å². The van der Waals surface area contributed by atoms with Gasteiger partial charge in [0, 0.05) is 19.2 Å². The molecule has 8 heteroatoms. The zero-order valence-corrected chi connectivity index (χ0v) is 11.5. The van der Waals surface area contributed by atoms with Crippen molar-refractivity contribution in [1.82, 2.24) is 4.72 Å². The summed E-state index contributed by atoms with van der Waals surface area (Å²) in [5, 5.41) is 2.84. The van der Waals surface area contributed by atoms with Gasteiger partial charge in [-0.2, -0.15) is 0 Å². The molecular formula is C9H13BrFN3O2S. The maximum atomic E-state index is 13.2. The van der Waals surface area contributed by atoms with Crippen molar-refractivity contribution in [1.29, 1.82) is 0 Å². The Morgan fingerprint density at radius 1 is 1.41 bits per heavy atom. The smallest absolute Gasteiger partial charge is 0.208 e. The van der Waals surface area contributed by atoms with Gasteiger partial charge in [0.1, 0.15) is 5.82 Å². The molecule has 0 saturated heterocycles. The molecule has 0 fully saturated rings. The fourth-order valence-corrected chi connectivity index (χ4v) is 1.98. The molecule has 1 aromatic rings. The summed E-state index contributed by atoms with van der Waals surface area (Å²) in [4.78, 5) is 0. The molecule has 96 valence electrons. The third kappa shape index (κ3) is 4.88. The third-order valence-electron chi connectivity index (χ3n) is 1.90. The van der Waals surface area contributed by atoms with E-state index in [0.29, 0.717) is 17.9 Å². The van der Waals surface area contributed by atoms with Crippen molar-refractivity contribution < 1.29 is 12.8 Å². The molecule has 0 atom stereocenters. The summed E-state index contributed by atoms with van der Waals surface area (Å²) in [6, 6.07) is 2.70. The zero-order valence-electron chi connectivity index (χ0n) is 9.13. The highest BCUT2D eigenvalue weighted by Crippen LogP contribution is 2.26. The van der Waals surface area contributed by atoms with Crippen molar-refractivity contribution in [3.63, 3.8) is 0 Å². The largest absolute Gasteiger partial charge is 0.397 e. The number of hydrogen-bond acceptors (Lipinski definition) is 4. The van der Waals surface area contributed by atoms with Crippen LogP contribution in [-0.4, -0.2) is 27.8 Å². The van der Waals surface area contributed by atoms with Crippen molar-refractivity contribution >= 4 is 37.3 Å². The van der Waals surface area contributed by atoms with Gasteiger partial charge in [0.2, 0.25) is 10.0 Å². The van der Waals surface area contributed by atoms with Gasteiger partial charge < -0.3 is 11.1 Å². The highest BCUT2D eigenvalue weighted by molar-refractivity contribution is 9.10. The lowest BCUT2D eigenvalue weighted by Gasteiger charge is -2.10. The predicted molar refractivity (Wildman–Crippen MR) is 69.8 cm³/mol. The molecule has 5 nitrogen and oxygen atoms in total. The van der Waals surface area contributed by atoms with Gasteiger partial charge in [0.05, 0.1) is 22.1 Å². The van der Waals surface area contributed by atoms with E-state index in [1.807, 2.05) is 0 Å². The Kier molecular flexibility index (Phi) is 4.72. The molecule has 0 amide bonds. The lowest BCUT2D eigenvalue weighted by Crippen LogP contribution is -2.27. The van der Waals surface area contributed by atoms with Gasteiger partial charge in [-0.3, -0.25) is 0 Å². The predicted octanol–water partition coefficient (Wildman–Crippen LogP) is 1.13. The van der Waals surface area contributed by atoms with E-state index >= 15 is 0 Å². The molecule has 0 unspecified atom stereocenters. The molecule has 17 heavy (non-hydrogen) atoms. The molecule has 0 aliphatic carbocycles. The number of benzene rings is 1. The summed E-state index contributed by atoms with van der Waals surface area (Å²) >= 11 is 3.01. The summed E-state index contributed by atoms with van der Waals surface area (Å²) in [5.74, 6) is -0.433. The fraction of sp³-hybridized carbons (Fsp3) is 0.333. The van der Waals surface area contributed by atoms with Crippen LogP contribution in [0, 0.1) is 5.82 Å². The molecule has 0 aliphatic rings. The van der Waals surface area contributed by atoms with Crippen LogP contribution in [0.1, 0.15) is 0 Å². The van der Waals surface area contributed by atoms with Crippen LogP contribution in [-0.2, 0) is 10.0 Å². The number of anilines is 2. The Balaban J connectivity index is 2.55. The number of nitrogens with one attached hydrogen (secondary N) is 2. The Morgan fingerprint density at radius 3 is 2.65 bits per heavy atom. The summed E-state index contributed by atoms with van der Waals surface area (Å²) < 4.78 is 37.4. The molecule has 0 radical (unpaired) electrons. The molecule has 0 saturated carbocycles. The van der Waals surface area contributed by atoms with Gasteiger partial charge in [-0.05, 0) is 22.0 Å². The van der Waals surface area contributed by atoms with Gasteiger partial charge >= 0.3 is 0 Å². The van der Waals surface area contributed by atoms with Crippen molar-refractivity contribution in [2.75, 3.05) is 30.4 Å². The van der Waals surface area contributed by atoms with Gasteiger partial charge in [0.15, 0.2) is 0 Å². The molecule has 1 aromatic carbocycles. The van der Waals surface area contributed by atoms with Crippen LogP contribution in [0.4, 0.5) is 15.8 Å². The Bertz CT molecular complexity index is 507. The van der Waals surface area contributed by atoms with Crippen molar-refractivity contribution in [3.05, 3.63) is 22.4 Å². The first-order valence-corrected chi connectivity index (χ1v) is 7.41. The number of hydrogen-bond donors (Lipinski definition) is 3. The minimum atomic E-state index is -3.21. The standard InChI is InChI=1S/C9H13BrFN3O2S/c1-17(15,16)14-3-2-13-9-5-7(11)6(10)4-8(9)12/h4-5,13-14H,2-3,12H2,1H3. The van der Waals surface area contributed by atoms with E-state index in [1.165, 1.54) is 12.1 Å². The van der Waals surface area contributed by atoms with Crippen LogP contribution in [0.15, 0.2) is 16.6 Å². The van der Waals surface area contributed by atoms with E-state index in [2.05, 4.69) is 26.0 Å². The lowest BCUT2D eigenvalue weighted by atomic mass is 10.2. The van der Waals surface area contributed by atoms with Gasteiger partial charge in [0.25, 0.3) is 0 Å². The maximum absolute atomic E-state index is 13.2. The first kappa shape index (κ1) is 14.2. The summed E-state index contributed by atoms with van der Waals surface area (Å²) in [6.45, 7) is 0.522.